The summed E-state index contributed by atoms with van der Waals surface area (Å²) in [5.41, 5.74) is 7.85. The van der Waals surface area contributed by atoms with Crippen LogP contribution in [0.5, 0.6) is 5.75 Å². The van der Waals surface area contributed by atoms with Crippen LogP contribution in [0, 0.1) is 0 Å². The third kappa shape index (κ3) is 3.35. The zero-order valence-corrected chi connectivity index (χ0v) is 10.8. The molecule has 1 rings (SSSR count). The molecule has 0 amide bonds. The molecule has 17 heavy (non-hydrogen) atoms. The van der Waals surface area contributed by atoms with Gasteiger partial charge in [-0.3, -0.25) is 0 Å². The Morgan fingerprint density at radius 2 is 2.12 bits per heavy atom. The van der Waals surface area contributed by atoms with Gasteiger partial charge in [-0.2, -0.15) is 0 Å². The summed E-state index contributed by atoms with van der Waals surface area (Å²) >= 11 is 0. The Labute approximate surface area is 103 Å². The number of nitrogens with zero attached hydrogens (tertiary/aromatic N) is 1. The predicted molar refractivity (Wildman–Crippen MR) is 70.5 cm³/mol. The predicted octanol–water partition coefficient (Wildman–Crippen LogP) is 1.36. The normalized spacial score (nSPS) is 10.7. The number of anilines is 1. The van der Waals surface area contributed by atoms with Gasteiger partial charge in [0.05, 0.1) is 13.7 Å². The first kappa shape index (κ1) is 13.8. The Kier molecular flexibility index (Phi) is 5.25. The van der Waals surface area contributed by atoms with Crippen LogP contribution in [-0.2, 0) is 6.54 Å². The fourth-order valence-electron chi connectivity index (χ4n) is 1.88. The minimum Gasteiger partial charge on any atom is -0.497 e. The molecule has 0 unspecified atom stereocenters. The van der Waals surface area contributed by atoms with Gasteiger partial charge in [0.25, 0.3) is 0 Å². The summed E-state index contributed by atoms with van der Waals surface area (Å²) in [7, 11) is 1.65. The van der Waals surface area contributed by atoms with Crippen molar-refractivity contribution in [3.63, 3.8) is 0 Å². The lowest BCUT2D eigenvalue weighted by Gasteiger charge is -2.30. The van der Waals surface area contributed by atoms with Gasteiger partial charge in [-0.25, -0.2) is 0 Å². The molecule has 0 bridgehead atoms. The molecular formula is C13H22N2O2. The fourth-order valence-corrected chi connectivity index (χ4v) is 1.88. The molecule has 0 aliphatic heterocycles. The van der Waals surface area contributed by atoms with E-state index in [9.17, 15) is 0 Å². The zero-order chi connectivity index (χ0) is 12.8. The van der Waals surface area contributed by atoms with Crippen LogP contribution < -0.4 is 15.4 Å². The van der Waals surface area contributed by atoms with Gasteiger partial charge in [0.2, 0.25) is 0 Å². The first-order valence-electron chi connectivity index (χ1n) is 5.88. The van der Waals surface area contributed by atoms with Crippen molar-refractivity contribution in [3.05, 3.63) is 23.8 Å². The van der Waals surface area contributed by atoms with Gasteiger partial charge in [-0.1, -0.05) is 6.07 Å². The van der Waals surface area contributed by atoms with Gasteiger partial charge < -0.3 is 20.5 Å². The van der Waals surface area contributed by atoms with Crippen molar-refractivity contribution in [2.45, 2.75) is 26.4 Å². The maximum absolute atomic E-state index is 9.13. The van der Waals surface area contributed by atoms with E-state index in [0.717, 1.165) is 17.0 Å². The molecule has 0 saturated carbocycles. The average molecular weight is 238 g/mol. The third-order valence-electron chi connectivity index (χ3n) is 2.79. The number of hydrogen-bond acceptors (Lipinski definition) is 4. The summed E-state index contributed by atoms with van der Waals surface area (Å²) in [5.74, 6) is 0.806. The molecule has 0 atom stereocenters. The second-order valence-corrected chi connectivity index (χ2v) is 4.21. The van der Waals surface area contributed by atoms with Crippen LogP contribution in [0.2, 0.25) is 0 Å². The lowest BCUT2D eigenvalue weighted by molar-refractivity contribution is 0.299. The topological polar surface area (TPSA) is 58.7 Å². The van der Waals surface area contributed by atoms with E-state index < -0.39 is 0 Å². The van der Waals surface area contributed by atoms with Crippen LogP contribution in [0.15, 0.2) is 18.2 Å². The van der Waals surface area contributed by atoms with E-state index in [1.165, 1.54) is 0 Å². The Morgan fingerprint density at radius 1 is 1.41 bits per heavy atom. The quantitative estimate of drug-likeness (QED) is 0.785. The van der Waals surface area contributed by atoms with Crippen LogP contribution in [0.1, 0.15) is 19.4 Å². The summed E-state index contributed by atoms with van der Waals surface area (Å²) in [6.45, 7) is 5.38. The lowest BCUT2D eigenvalue weighted by Crippen LogP contribution is -2.34. The molecule has 96 valence electrons. The van der Waals surface area contributed by atoms with Crippen molar-refractivity contribution in [2.75, 3.05) is 25.2 Å². The van der Waals surface area contributed by atoms with Gasteiger partial charge in [-0.15, -0.1) is 0 Å². The number of aliphatic hydroxyl groups is 1. The molecule has 4 heteroatoms. The third-order valence-corrected chi connectivity index (χ3v) is 2.79. The largest absolute Gasteiger partial charge is 0.497 e. The van der Waals surface area contributed by atoms with E-state index >= 15 is 0 Å². The highest BCUT2D eigenvalue weighted by Crippen LogP contribution is 2.27. The molecule has 4 nitrogen and oxygen atoms in total. The highest BCUT2D eigenvalue weighted by Gasteiger charge is 2.14. The number of benzene rings is 1. The molecule has 0 heterocycles. The van der Waals surface area contributed by atoms with Gasteiger partial charge in [0.1, 0.15) is 5.75 Å². The Bertz CT molecular complexity index is 353. The van der Waals surface area contributed by atoms with E-state index in [2.05, 4.69) is 18.7 Å². The van der Waals surface area contributed by atoms with Crippen LogP contribution >= 0.6 is 0 Å². The van der Waals surface area contributed by atoms with Crippen molar-refractivity contribution < 1.29 is 9.84 Å². The first-order valence-corrected chi connectivity index (χ1v) is 5.88. The minimum absolute atomic E-state index is 0.124. The van der Waals surface area contributed by atoms with Crippen molar-refractivity contribution >= 4 is 5.69 Å². The van der Waals surface area contributed by atoms with Crippen LogP contribution in [0.4, 0.5) is 5.69 Å². The lowest BCUT2D eigenvalue weighted by atomic mass is 10.1. The van der Waals surface area contributed by atoms with E-state index in [4.69, 9.17) is 15.6 Å². The van der Waals surface area contributed by atoms with Crippen LogP contribution in [0.25, 0.3) is 0 Å². The van der Waals surface area contributed by atoms with Crippen molar-refractivity contribution in [1.29, 1.82) is 0 Å². The molecule has 0 aromatic heterocycles. The van der Waals surface area contributed by atoms with E-state index in [-0.39, 0.29) is 6.61 Å². The summed E-state index contributed by atoms with van der Waals surface area (Å²) in [6, 6.07) is 6.15. The van der Waals surface area contributed by atoms with Crippen LogP contribution in [-0.4, -0.2) is 31.4 Å². The number of rotatable bonds is 6. The van der Waals surface area contributed by atoms with Gasteiger partial charge in [0.15, 0.2) is 0 Å². The molecule has 0 aliphatic carbocycles. The van der Waals surface area contributed by atoms with Gasteiger partial charge in [-0.05, 0) is 25.5 Å². The maximum Gasteiger partial charge on any atom is 0.120 e. The molecule has 0 radical (unpaired) electrons. The monoisotopic (exact) mass is 238 g/mol. The molecule has 3 N–H and O–H groups in total. The van der Waals surface area contributed by atoms with Crippen LogP contribution in [0.3, 0.4) is 0 Å². The molecule has 1 aromatic rings. The molecule has 0 aliphatic rings. The Balaban J connectivity index is 3.13. The minimum atomic E-state index is 0.124. The first-order chi connectivity index (χ1) is 8.13. The highest BCUT2D eigenvalue weighted by molar-refractivity contribution is 5.58. The molecule has 0 saturated heterocycles. The smallest absolute Gasteiger partial charge is 0.120 e. The number of methoxy groups -OCH3 is 1. The number of hydrogen-bond donors (Lipinski definition) is 2. The molecule has 0 spiro atoms. The Morgan fingerprint density at radius 3 is 2.59 bits per heavy atom. The number of ether oxygens (including phenoxy) is 1. The maximum atomic E-state index is 9.13. The van der Waals surface area contributed by atoms with E-state index in [1.807, 2.05) is 18.2 Å². The van der Waals surface area contributed by atoms with E-state index in [1.54, 1.807) is 7.11 Å². The standard InChI is InChI=1S/C13H22N2O2/c1-10(2)15(6-7-16)13-8-12(17-3)5-4-11(13)9-14/h4-5,8,10,16H,6-7,9,14H2,1-3H3. The van der Waals surface area contributed by atoms with E-state index in [0.29, 0.717) is 19.1 Å². The molecule has 0 fully saturated rings. The highest BCUT2D eigenvalue weighted by atomic mass is 16.5. The van der Waals surface area contributed by atoms with Gasteiger partial charge in [0, 0.05) is 30.9 Å². The van der Waals surface area contributed by atoms with Crippen molar-refractivity contribution in [3.8, 4) is 5.75 Å². The molecular weight excluding hydrogens is 216 g/mol. The summed E-state index contributed by atoms with van der Waals surface area (Å²) in [5, 5.41) is 9.13. The fraction of sp³-hybridized carbons (Fsp3) is 0.538. The van der Waals surface area contributed by atoms with Crippen molar-refractivity contribution in [1.82, 2.24) is 0 Å². The number of aliphatic hydroxyl groups excluding tert-OH is 1. The number of nitrogens with two attached hydrogens (primary N) is 1. The summed E-state index contributed by atoms with van der Waals surface area (Å²) < 4.78 is 5.23. The summed E-state index contributed by atoms with van der Waals surface area (Å²) in [4.78, 5) is 2.13. The second kappa shape index (κ2) is 6.47. The average Bonchev–Trinajstić information content (AvgIpc) is 2.34. The van der Waals surface area contributed by atoms with Gasteiger partial charge >= 0.3 is 0 Å². The second-order valence-electron chi connectivity index (χ2n) is 4.21. The zero-order valence-electron chi connectivity index (χ0n) is 10.8. The van der Waals surface area contributed by atoms with Crippen molar-refractivity contribution in [2.24, 2.45) is 5.73 Å². The molecule has 1 aromatic carbocycles. The Hall–Kier alpha value is -1.26. The SMILES string of the molecule is COc1ccc(CN)c(N(CCO)C(C)C)c1. The summed E-state index contributed by atoms with van der Waals surface area (Å²) in [6.07, 6.45) is 0.